The highest BCUT2D eigenvalue weighted by molar-refractivity contribution is 14.0. The van der Waals surface area contributed by atoms with Crippen LogP contribution in [0.1, 0.15) is 44.6 Å². The van der Waals surface area contributed by atoms with Crippen molar-refractivity contribution in [1.82, 2.24) is 5.32 Å². The van der Waals surface area contributed by atoms with Gasteiger partial charge in [0.15, 0.2) is 5.96 Å². The van der Waals surface area contributed by atoms with Crippen LogP contribution >= 0.6 is 24.0 Å². The normalized spacial score (nSPS) is 15.1. The summed E-state index contributed by atoms with van der Waals surface area (Å²) in [5, 5.41) is 3.11. The molecule has 1 fully saturated rings. The van der Waals surface area contributed by atoms with Gasteiger partial charge in [0.1, 0.15) is 12.4 Å². The number of rotatable bonds is 7. The molecule has 0 spiro atoms. The lowest BCUT2D eigenvalue weighted by atomic mass is 9.86. The Kier molecular flexibility index (Phi) is 8.60. The van der Waals surface area contributed by atoms with E-state index in [1.807, 2.05) is 18.2 Å². The van der Waals surface area contributed by atoms with Crippen molar-refractivity contribution in [2.45, 2.75) is 39.0 Å². The monoisotopic (exact) mass is 417 g/mol. The maximum Gasteiger partial charge on any atom is 0.188 e. The minimum atomic E-state index is 0. The number of hydrogen-bond donors (Lipinski definition) is 2. The highest BCUT2D eigenvalue weighted by Gasteiger charge is 2.16. The molecular weight excluding hydrogens is 389 g/mol. The van der Waals surface area contributed by atoms with Gasteiger partial charge in [-0.1, -0.05) is 38.5 Å². The van der Waals surface area contributed by atoms with Gasteiger partial charge in [0.05, 0.1) is 6.54 Å². The Bertz CT molecular complexity index is 473. The molecule has 0 atom stereocenters. The second-order valence-electron chi connectivity index (χ2n) is 5.99. The van der Waals surface area contributed by atoms with E-state index in [1.54, 1.807) is 0 Å². The van der Waals surface area contributed by atoms with Gasteiger partial charge < -0.3 is 15.8 Å². The SMILES string of the molecule is CC(C)c1ccccc1OCCNC(N)=NCC1CCC1.I. The molecule has 22 heavy (non-hydrogen) atoms. The van der Waals surface area contributed by atoms with Gasteiger partial charge in [-0.2, -0.15) is 0 Å². The summed E-state index contributed by atoms with van der Waals surface area (Å²) >= 11 is 0. The fraction of sp³-hybridized carbons (Fsp3) is 0.588. The summed E-state index contributed by atoms with van der Waals surface area (Å²) < 4.78 is 5.83. The molecule has 2 rings (SSSR count). The minimum absolute atomic E-state index is 0. The van der Waals surface area contributed by atoms with Crippen molar-refractivity contribution >= 4 is 29.9 Å². The molecule has 4 nitrogen and oxygen atoms in total. The predicted octanol–water partition coefficient (Wildman–Crippen LogP) is 3.51. The third-order valence-corrected chi connectivity index (χ3v) is 3.95. The Morgan fingerprint density at radius 3 is 2.73 bits per heavy atom. The van der Waals surface area contributed by atoms with Crippen molar-refractivity contribution in [3.8, 4) is 5.75 Å². The third-order valence-electron chi connectivity index (χ3n) is 3.95. The summed E-state index contributed by atoms with van der Waals surface area (Å²) in [6.45, 7) is 6.46. The molecule has 1 aliphatic rings. The van der Waals surface area contributed by atoms with Crippen molar-refractivity contribution < 1.29 is 4.74 Å². The molecule has 1 aliphatic carbocycles. The number of nitrogens with one attached hydrogen (secondary N) is 1. The van der Waals surface area contributed by atoms with Gasteiger partial charge in [0.2, 0.25) is 0 Å². The Morgan fingerprint density at radius 2 is 2.09 bits per heavy atom. The van der Waals surface area contributed by atoms with Crippen LogP contribution < -0.4 is 15.8 Å². The summed E-state index contributed by atoms with van der Waals surface area (Å²) in [7, 11) is 0. The maximum atomic E-state index is 5.84. The molecule has 0 saturated heterocycles. The van der Waals surface area contributed by atoms with Gasteiger partial charge in [0.25, 0.3) is 0 Å². The number of para-hydroxylation sites is 1. The number of hydrogen-bond acceptors (Lipinski definition) is 2. The lowest BCUT2D eigenvalue weighted by Crippen LogP contribution is -2.35. The van der Waals surface area contributed by atoms with Gasteiger partial charge >= 0.3 is 0 Å². The largest absolute Gasteiger partial charge is 0.491 e. The molecule has 0 amide bonds. The highest BCUT2D eigenvalue weighted by Crippen LogP contribution is 2.26. The number of nitrogens with two attached hydrogens (primary N) is 1. The quantitative estimate of drug-likeness (QED) is 0.309. The van der Waals surface area contributed by atoms with E-state index in [-0.39, 0.29) is 24.0 Å². The van der Waals surface area contributed by atoms with Crippen LogP contribution in [0, 0.1) is 5.92 Å². The van der Waals surface area contributed by atoms with Gasteiger partial charge in [0, 0.05) is 6.54 Å². The van der Waals surface area contributed by atoms with Crippen LogP contribution in [0.5, 0.6) is 5.75 Å². The number of benzene rings is 1. The lowest BCUT2D eigenvalue weighted by Gasteiger charge is -2.23. The van der Waals surface area contributed by atoms with Gasteiger partial charge in [-0.15, -0.1) is 24.0 Å². The maximum absolute atomic E-state index is 5.84. The van der Waals surface area contributed by atoms with Crippen LogP contribution in [0.3, 0.4) is 0 Å². The van der Waals surface area contributed by atoms with Crippen LogP contribution in [0.25, 0.3) is 0 Å². The molecule has 0 unspecified atom stereocenters. The molecule has 0 aromatic heterocycles. The second kappa shape index (κ2) is 9.92. The van der Waals surface area contributed by atoms with Crippen LogP contribution in [0.4, 0.5) is 0 Å². The standard InChI is InChI=1S/C17H27N3O.HI/c1-13(2)15-8-3-4-9-16(15)21-11-10-19-17(18)20-12-14-6-5-7-14;/h3-4,8-9,13-14H,5-7,10-12H2,1-2H3,(H3,18,19,20);1H. The Balaban J connectivity index is 0.00000242. The molecule has 1 aromatic carbocycles. The molecule has 0 radical (unpaired) electrons. The van der Waals surface area contributed by atoms with Gasteiger partial charge in [-0.05, 0) is 36.3 Å². The van der Waals surface area contributed by atoms with Crippen molar-refractivity contribution in [1.29, 1.82) is 0 Å². The fourth-order valence-corrected chi connectivity index (χ4v) is 2.39. The Hall–Kier alpha value is -0.980. The summed E-state index contributed by atoms with van der Waals surface area (Å²) in [4.78, 5) is 4.36. The fourth-order valence-electron chi connectivity index (χ4n) is 2.39. The lowest BCUT2D eigenvalue weighted by molar-refractivity contribution is 0.316. The number of halogens is 1. The van der Waals surface area contributed by atoms with E-state index in [0.717, 1.165) is 18.2 Å². The van der Waals surface area contributed by atoms with E-state index in [4.69, 9.17) is 10.5 Å². The Morgan fingerprint density at radius 1 is 1.36 bits per heavy atom. The molecule has 0 aliphatic heterocycles. The van der Waals surface area contributed by atoms with E-state index in [2.05, 4.69) is 30.2 Å². The van der Waals surface area contributed by atoms with E-state index >= 15 is 0 Å². The highest BCUT2D eigenvalue weighted by atomic mass is 127. The minimum Gasteiger partial charge on any atom is -0.491 e. The molecule has 0 bridgehead atoms. The van der Waals surface area contributed by atoms with Crippen molar-refractivity contribution in [2.75, 3.05) is 19.7 Å². The number of guanidine groups is 1. The van der Waals surface area contributed by atoms with E-state index in [9.17, 15) is 0 Å². The number of nitrogens with zero attached hydrogens (tertiary/aromatic N) is 1. The van der Waals surface area contributed by atoms with Crippen LogP contribution in [-0.2, 0) is 0 Å². The first kappa shape index (κ1) is 19.1. The third kappa shape index (κ3) is 6.02. The summed E-state index contributed by atoms with van der Waals surface area (Å²) in [5.74, 6) is 2.70. The zero-order valence-corrected chi connectivity index (χ0v) is 15.9. The first-order valence-corrected chi connectivity index (χ1v) is 7.92. The Labute approximate surface area is 150 Å². The first-order valence-electron chi connectivity index (χ1n) is 7.92. The first-order chi connectivity index (χ1) is 10.2. The average Bonchev–Trinajstić information content (AvgIpc) is 2.42. The number of ether oxygens (including phenoxy) is 1. The van der Waals surface area contributed by atoms with Gasteiger partial charge in [-0.25, -0.2) is 0 Å². The van der Waals surface area contributed by atoms with E-state index < -0.39 is 0 Å². The van der Waals surface area contributed by atoms with Crippen molar-refractivity contribution in [2.24, 2.45) is 16.6 Å². The molecule has 1 aromatic rings. The summed E-state index contributed by atoms with van der Waals surface area (Å²) in [5.41, 5.74) is 7.08. The molecular formula is C17H28IN3O. The van der Waals surface area contributed by atoms with Crippen molar-refractivity contribution in [3.63, 3.8) is 0 Å². The van der Waals surface area contributed by atoms with Gasteiger partial charge in [-0.3, -0.25) is 4.99 Å². The zero-order valence-electron chi connectivity index (χ0n) is 13.5. The van der Waals surface area contributed by atoms with E-state index in [1.165, 1.54) is 24.8 Å². The molecule has 5 heteroatoms. The van der Waals surface area contributed by atoms with Crippen LogP contribution in [0.15, 0.2) is 29.3 Å². The molecule has 0 heterocycles. The topological polar surface area (TPSA) is 59.6 Å². The average molecular weight is 417 g/mol. The molecule has 1 saturated carbocycles. The number of aliphatic imine (C=N–C) groups is 1. The summed E-state index contributed by atoms with van der Waals surface area (Å²) in [6.07, 6.45) is 3.94. The van der Waals surface area contributed by atoms with Crippen LogP contribution in [0.2, 0.25) is 0 Å². The second-order valence-corrected chi connectivity index (χ2v) is 5.99. The predicted molar refractivity (Wildman–Crippen MR) is 103 cm³/mol. The molecule has 124 valence electrons. The summed E-state index contributed by atoms with van der Waals surface area (Å²) in [6, 6.07) is 8.18. The molecule has 3 N–H and O–H groups in total. The zero-order chi connectivity index (χ0) is 15.1. The van der Waals surface area contributed by atoms with E-state index in [0.29, 0.717) is 25.0 Å². The van der Waals surface area contributed by atoms with Crippen LogP contribution in [-0.4, -0.2) is 25.7 Å². The smallest absolute Gasteiger partial charge is 0.188 e. The van der Waals surface area contributed by atoms with Crippen molar-refractivity contribution in [3.05, 3.63) is 29.8 Å².